The van der Waals surface area contributed by atoms with E-state index in [-0.39, 0.29) is 5.70 Å². The van der Waals surface area contributed by atoms with Crippen molar-refractivity contribution < 1.29 is 33.4 Å². The van der Waals surface area contributed by atoms with Gasteiger partial charge in [0.05, 0.1) is 38.3 Å². The van der Waals surface area contributed by atoms with Gasteiger partial charge in [0.1, 0.15) is 11.3 Å². The molecule has 0 aromatic heterocycles. The van der Waals surface area contributed by atoms with Gasteiger partial charge < -0.3 is 24.8 Å². The minimum Gasteiger partial charge on any atom is -0.466 e. The molecule has 2 N–H and O–H groups in total. The molecule has 0 bridgehead atoms. The van der Waals surface area contributed by atoms with Crippen LogP contribution >= 0.6 is 0 Å². The lowest BCUT2D eigenvalue weighted by Gasteiger charge is -2.23. The van der Waals surface area contributed by atoms with Crippen molar-refractivity contribution in [2.45, 2.75) is 0 Å². The summed E-state index contributed by atoms with van der Waals surface area (Å²) < 4.78 is 13.8. The molecule has 26 heavy (non-hydrogen) atoms. The molecule has 0 radical (unpaired) electrons. The molecule has 1 aliphatic heterocycles. The molecule has 0 aliphatic carbocycles. The fraction of sp³-hybridized carbons (Fsp3) is 0.176. The van der Waals surface area contributed by atoms with Crippen LogP contribution in [0.5, 0.6) is 0 Å². The van der Waals surface area contributed by atoms with Crippen molar-refractivity contribution in [3.63, 3.8) is 0 Å². The normalized spacial score (nSPS) is 15.0. The van der Waals surface area contributed by atoms with Crippen molar-refractivity contribution in [2.24, 2.45) is 0 Å². The molecular weight excluding hydrogens is 344 g/mol. The van der Waals surface area contributed by atoms with Crippen LogP contribution in [0.1, 0.15) is 0 Å². The van der Waals surface area contributed by atoms with Crippen LogP contribution in [0.3, 0.4) is 0 Å². The number of hydrogen-bond donors (Lipinski definition) is 2. The van der Waals surface area contributed by atoms with Gasteiger partial charge in [0.25, 0.3) is 5.91 Å². The van der Waals surface area contributed by atoms with Crippen molar-refractivity contribution in [3.8, 4) is 0 Å². The first kappa shape index (κ1) is 18.7. The number of carbonyl (C=O) groups is 4. The maximum atomic E-state index is 12.5. The molecule has 1 amide bonds. The van der Waals surface area contributed by atoms with Crippen molar-refractivity contribution in [1.29, 1.82) is 0 Å². The molecular formula is C17H16N2O7. The summed E-state index contributed by atoms with van der Waals surface area (Å²) in [6, 6.07) is 6.74. The average molecular weight is 360 g/mol. The van der Waals surface area contributed by atoms with E-state index in [2.05, 4.69) is 24.8 Å². The SMILES string of the molecule is COC(=O)/C=C(C(=O)OC)/C(C(=O)OC)=C1/Nc2ccccc2NC1=O. The fourth-order valence-corrected chi connectivity index (χ4v) is 2.22. The predicted octanol–water partition coefficient (Wildman–Crippen LogP) is 0.750. The topological polar surface area (TPSA) is 120 Å². The lowest BCUT2D eigenvalue weighted by atomic mass is 10.0. The number of ether oxygens (including phenoxy) is 3. The summed E-state index contributed by atoms with van der Waals surface area (Å²) in [4.78, 5) is 48.5. The summed E-state index contributed by atoms with van der Waals surface area (Å²) in [7, 11) is 3.24. The van der Waals surface area contributed by atoms with E-state index in [4.69, 9.17) is 0 Å². The number of esters is 3. The fourth-order valence-electron chi connectivity index (χ4n) is 2.22. The van der Waals surface area contributed by atoms with E-state index in [1.165, 1.54) is 0 Å². The van der Waals surface area contributed by atoms with Crippen LogP contribution in [0.25, 0.3) is 0 Å². The van der Waals surface area contributed by atoms with Gasteiger partial charge in [-0.1, -0.05) is 12.1 Å². The Bertz CT molecular complexity index is 839. The van der Waals surface area contributed by atoms with Gasteiger partial charge in [-0.3, -0.25) is 4.79 Å². The number of hydrogen-bond acceptors (Lipinski definition) is 8. The molecule has 1 aromatic carbocycles. The van der Waals surface area contributed by atoms with Gasteiger partial charge in [0, 0.05) is 6.08 Å². The van der Waals surface area contributed by atoms with Crippen molar-refractivity contribution in [2.75, 3.05) is 32.0 Å². The summed E-state index contributed by atoms with van der Waals surface area (Å²) in [5.74, 6) is -3.63. The van der Waals surface area contributed by atoms with Crippen molar-refractivity contribution in [1.82, 2.24) is 0 Å². The number of nitrogens with one attached hydrogen (secondary N) is 2. The highest BCUT2D eigenvalue weighted by molar-refractivity contribution is 6.20. The van der Waals surface area contributed by atoms with E-state index >= 15 is 0 Å². The second kappa shape index (κ2) is 7.97. The number of methoxy groups -OCH3 is 3. The predicted molar refractivity (Wildman–Crippen MR) is 89.9 cm³/mol. The zero-order valence-electron chi connectivity index (χ0n) is 14.2. The van der Waals surface area contributed by atoms with E-state index in [1.54, 1.807) is 24.3 Å². The Hall–Kier alpha value is -3.62. The van der Waals surface area contributed by atoms with Crippen LogP contribution < -0.4 is 10.6 Å². The lowest BCUT2D eigenvalue weighted by Crippen LogP contribution is -2.31. The Morgan fingerprint density at radius 3 is 2.00 bits per heavy atom. The maximum absolute atomic E-state index is 12.5. The minimum atomic E-state index is -1.02. The van der Waals surface area contributed by atoms with Crippen LogP contribution in [0, 0.1) is 0 Å². The molecule has 1 aliphatic rings. The number of para-hydroxylation sites is 2. The number of carbonyl (C=O) groups excluding carboxylic acids is 4. The summed E-state index contributed by atoms with van der Waals surface area (Å²) in [6.45, 7) is 0. The zero-order chi connectivity index (χ0) is 19.3. The summed E-state index contributed by atoms with van der Waals surface area (Å²) >= 11 is 0. The van der Waals surface area contributed by atoms with E-state index in [1.807, 2.05) is 0 Å². The van der Waals surface area contributed by atoms with E-state index < -0.39 is 35.0 Å². The standard InChI is InChI=1S/C17H16N2O7/c1-24-12(20)8-9(16(22)25-2)13(17(23)26-3)14-15(21)19-11-7-5-4-6-10(11)18-14/h4-8,18H,1-3H3,(H,19,21)/b9-8-,14-13-. The molecule has 136 valence electrons. The summed E-state index contributed by atoms with van der Waals surface area (Å²) in [5, 5.41) is 5.36. The summed E-state index contributed by atoms with van der Waals surface area (Å²) in [5.41, 5.74) is -0.232. The molecule has 0 unspecified atom stereocenters. The molecule has 9 heteroatoms. The lowest BCUT2D eigenvalue weighted by molar-refractivity contribution is -0.140. The largest absolute Gasteiger partial charge is 0.466 e. The Morgan fingerprint density at radius 1 is 0.885 bits per heavy atom. The number of fused-ring (bicyclic) bond motifs is 1. The van der Waals surface area contributed by atoms with Crippen LogP contribution in [-0.2, 0) is 33.4 Å². The highest BCUT2D eigenvalue weighted by atomic mass is 16.5. The van der Waals surface area contributed by atoms with Gasteiger partial charge in [-0.05, 0) is 12.1 Å². The molecule has 0 saturated carbocycles. The number of benzene rings is 1. The molecule has 0 saturated heterocycles. The van der Waals surface area contributed by atoms with Gasteiger partial charge in [-0.25, -0.2) is 14.4 Å². The van der Waals surface area contributed by atoms with Crippen molar-refractivity contribution in [3.05, 3.63) is 47.2 Å². The number of rotatable bonds is 4. The Morgan fingerprint density at radius 2 is 1.46 bits per heavy atom. The zero-order valence-corrected chi connectivity index (χ0v) is 14.2. The van der Waals surface area contributed by atoms with Gasteiger partial charge in [0.2, 0.25) is 0 Å². The van der Waals surface area contributed by atoms with Crippen LogP contribution in [0.4, 0.5) is 11.4 Å². The van der Waals surface area contributed by atoms with Gasteiger partial charge in [-0.15, -0.1) is 0 Å². The first-order valence-electron chi connectivity index (χ1n) is 7.31. The maximum Gasteiger partial charge on any atom is 0.341 e. The average Bonchev–Trinajstić information content (AvgIpc) is 2.66. The molecule has 0 atom stereocenters. The molecule has 0 fully saturated rings. The molecule has 1 heterocycles. The first-order chi connectivity index (χ1) is 12.4. The van der Waals surface area contributed by atoms with Crippen LogP contribution in [0.15, 0.2) is 47.2 Å². The molecule has 0 spiro atoms. The van der Waals surface area contributed by atoms with Gasteiger partial charge in [-0.2, -0.15) is 0 Å². The highest BCUT2D eigenvalue weighted by Gasteiger charge is 2.33. The number of amides is 1. The second-order valence-electron chi connectivity index (χ2n) is 4.94. The Labute approximate surface area is 148 Å². The quantitative estimate of drug-likeness (QED) is 0.458. The monoisotopic (exact) mass is 360 g/mol. The Balaban J connectivity index is 2.69. The third kappa shape index (κ3) is 3.72. The number of anilines is 2. The van der Waals surface area contributed by atoms with Crippen LogP contribution in [0.2, 0.25) is 0 Å². The summed E-state index contributed by atoms with van der Waals surface area (Å²) in [6.07, 6.45) is 0.751. The molecule has 9 nitrogen and oxygen atoms in total. The van der Waals surface area contributed by atoms with E-state index in [9.17, 15) is 19.2 Å². The van der Waals surface area contributed by atoms with Crippen LogP contribution in [-0.4, -0.2) is 45.1 Å². The molecule has 1 aromatic rings. The Kier molecular flexibility index (Phi) is 5.74. The van der Waals surface area contributed by atoms with E-state index in [0.717, 1.165) is 27.4 Å². The smallest absolute Gasteiger partial charge is 0.341 e. The third-order valence-corrected chi connectivity index (χ3v) is 3.44. The van der Waals surface area contributed by atoms with E-state index in [0.29, 0.717) is 11.4 Å². The van der Waals surface area contributed by atoms with Gasteiger partial charge >= 0.3 is 17.9 Å². The second-order valence-corrected chi connectivity index (χ2v) is 4.94. The molecule has 2 rings (SSSR count). The first-order valence-corrected chi connectivity index (χ1v) is 7.31. The third-order valence-electron chi connectivity index (χ3n) is 3.44. The minimum absolute atomic E-state index is 0.267. The highest BCUT2D eigenvalue weighted by Crippen LogP contribution is 2.30. The van der Waals surface area contributed by atoms with Crippen molar-refractivity contribution >= 4 is 35.2 Å². The van der Waals surface area contributed by atoms with Gasteiger partial charge in [0.15, 0.2) is 0 Å².